The fourth-order valence-corrected chi connectivity index (χ4v) is 8.01. The summed E-state index contributed by atoms with van der Waals surface area (Å²) in [7, 11) is 0. The van der Waals surface area contributed by atoms with Crippen molar-refractivity contribution in [1.29, 1.82) is 0 Å². The van der Waals surface area contributed by atoms with E-state index < -0.39 is 46.4 Å². The van der Waals surface area contributed by atoms with Crippen molar-refractivity contribution in [2.45, 2.75) is 89.9 Å². The van der Waals surface area contributed by atoms with Crippen LogP contribution >= 0.6 is 0 Å². The van der Waals surface area contributed by atoms with Gasteiger partial charge in [-0.2, -0.15) is 0 Å². The molecular formula is C25H35NO7. The predicted molar refractivity (Wildman–Crippen MR) is 118 cm³/mol. The lowest BCUT2D eigenvalue weighted by molar-refractivity contribution is -0.198. The van der Waals surface area contributed by atoms with Crippen LogP contribution in [0.25, 0.3) is 0 Å². The molecule has 3 fully saturated rings. The van der Waals surface area contributed by atoms with Crippen molar-refractivity contribution in [1.82, 2.24) is 5.32 Å². The molecule has 3 saturated carbocycles. The first-order valence-electron chi connectivity index (χ1n) is 11.9. The van der Waals surface area contributed by atoms with Crippen LogP contribution in [0.5, 0.6) is 0 Å². The van der Waals surface area contributed by atoms with Gasteiger partial charge in [0.05, 0.1) is 11.6 Å². The second-order valence-electron chi connectivity index (χ2n) is 11.0. The quantitative estimate of drug-likeness (QED) is 0.542. The smallest absolute Gasteiger partial charge is 0.303 e. The van der Waals surface area contributed by atoms with Crippen LogP contribution in [0.3, 0.4) is 0 Å². The molecule has 4 aliphatic carbocycles. The molecule has 4 rings (SSSR count). The average Bonchev–Trinajstić information content (AvgIpc) is 2.99. The van der Waals surface area contributed by atoms with Crippen LogP contribution in [-0.2, 0) is 23.9 Å². The zero-order valence-corrected chi connectivity index (χ0v) is 19.9. The van der Waals surface area contributed by atoms with Gasteiger partial charge in [-0.3, -0.25) is 19.2 Å². The Kier molecular flexibility index (Phi) is 5.64. The molecule has 3 N–H and O–H groups in total. The number of amides is 1. The summed E-state index contributed by atoms with van der Waals surface area (Å²) in [6, 6.07) is 0. The van der Waals surface area contributed by atoms with E-state index in [-0.39, 0.29) is 36.4 Å². The van der Waals surface area contributed by atoms with Gasteiger partial charge < -0.3 is 20.3 Å². The number of esters is 1. The monoisotopic (exact) mass is 461 g/mol. The highest BCUT2D eigenvalue weighted by atomic mass is 16.5. The topological polar surface area (TPSA) is 130 Å². The molecule has 0 unspecified atom stereocenters. The van der Waals surface area contributed by atoms with Crippen LogP contribution in [0.1, 0.15) is 72.6 Å². The normalized spacial score (nSPS) is 44.1. The van der Waals surface area contributed by atoms with E-state index in [0.717, 1.165) is 5.57 Å². The number of carbonyl (C=O) groups excluding carboxylic acids is 4. The second-order valence-corrected chi connectivity index (χ2v) is 11.0. The number of rotatable bonds is 4. The molecule has 33 heavy (non-hydrogen) atoms. The van der Waals surface area contributed by atoms with E-state index >= 15 is 0 Å². The van der Waals surface area contributed by atoms with E-state index in [9.17, 15) is 29.4 Å². The lowest BCUT2D eigenvalue weighted by Crippen LogP contribution is -2.77. The molecule has 0 aliphatic heterocycles. The molecule has 8 nitrogen and oxygen atoms in total. The highest BCUT2D eigenvalue weighted by Gasteiger charge is 2.73. The number of aliphatic hydroxyl groups excluding tert-OH is 1. The third kappa shape index (κ3) is 3.16. The van der Waals surface area contributed by atoms with E-state index in [4.69, 9.17) is 4.74 Å². The molecule has 0 radical (unpaired) electrons. The van der Waals surface area contributed by atoms with Crippen molar-refractivity contribution in [3.8, 4) is 0 Å². The van der Waals surface area contributed by atoms with Gasteiger partial charge in [0, 0.05) is 31.1 Å². The summed E-state index contributed by atoms with van der Waals surface area (Å²) >= 11 is 0. The number of ether oxygens (including phenoxy) is 1. The minimum Gasteiger partial charge on any atom is -0.458 e. The van der Waals surface area contributed by atoms with Crippen LogP contribution in [0.4, 0.5) is 0 Å². The fraction of sp³-hybridized carbons (Fsp3) is 0.760. The lowest BCUT2D eigenvalue weighted by atomic mass is 9.41. The van der Waals surface area contributed by atoms with Crippen molar-refractivity contribution < 1.29 is 34.1 Å². The Balaban J connectivity index is 1.79. The zero-order chi connectivity index (χ0) is 24.4. The number of ketones is 2. The van der Waals surface area contributed by atoms with Crippen molar-refractivity contribution in [2.24, 2.45) is 22.7 Å². The molecule has 0 heterocycles. The summed E-state index contributed by atoms with van der Waals surface area (Å²) in [6.45, 7) is 6.03. The Morgan fingerprint density at radius 3 is 2.45 bits per heavy atom. The molecule has 182 valence electrons. The second kappa shape index (κ2) is 7.73. The van der Waals surface area contributed by atoms with Gasteiger partial charge in [0.15, 0.2) is 12.4 Å². The van der Waals surface area contributed by atoms with E-state index in [2.05, 4.69) is 5.32 Å². The number of nitrogens with one attached hydrogen (secondary N) is 1. The highest BCUT2D eigenvalue weighted by molar-refractivity contribution is 5.92. The Bertz CT molecular complexity index is 943. The van der Waals surface area contributed by atoms with Crippen LogP contribution < -0.4 is 5.32 Å². The molecule has 0 aromatic rings. The van der Waals surface area contributed by atoms with Crippen molar-refractivity contribution in [2.75, 3.05) is 6.61 Å². The minimum absolute atomic E-state index is 0.0698. The zero-order valence-electron chi connectivity index (χ0n) is 19.9. The molecule has 0 saturated heterocycles. The third-order valence-electron chi connectivity index (χ3n) is 9.60. The molecule has 7 atom stereocenters. The largest absolute Gasteiger partial charge is 0.458 e. The van der Waals surface area contributed by atoms with Crippen LogP contribution in [0.2, 0.25) is 0 Å². The number of aliphatic hydroxyl groups is 2. The van der Waals surface area contributed by atoms with Crippen molar-refractivity contribution >= 4 is 23.4 Å². The molecule has 1 amide bonds. The minimum atomic E-state index is -1.73. The summed E-state index contributed by atoms with van der Waals surface area (Å²) in [4.78, 5) is 49.0. The molecule has 8 heteroatoms. The number of hydrogen-bond acceptors (Lipinski definition) is 7. The molecule has 4 aliphatic rings. The Morgan fingerprint density at radius 2 is 1.82 bits per heavy atom. The van der Waals surface area contributed by atoms with Gasteiger partial charge in [0.25, 0.3) is 0 Å². The Morgan fingerprint density at radius 1 is 1.12 bits per heavy atom. The van der Waals surface area contributed by atoms with Gasteiger partial charge >= 0.3 is 5.97 Å². The standard InChI is InChI=1S/C25H35NO7/c1-14(27)26-25-19(6-5-16-11-17(29)7-9-22(16,25)3)18-8-10-24(32,21(31)13-33-15(2)28)23(18,4)12-20(25)30/h11,18-20,30,32H,5-10,12-13H2,1-4H3,(H,26,27)/t18-,19-,20-,22+,23-,24+,25+/m1/s1. The van der Waals surface area contributed by atoms with Crippen LogP contribution in [0.15, 0.2) is 11.6 Å². The van der Waals surface area contributed by atoms with E-state index in [0.29, 0.717) is 32.1 Å². The number of hydrogen-bond donors (Lipinski definition) is 3. The van der Waals surface area contributed by atoms with Crippen molar-refractivity contribution in [3.63, 3.8) is 0 Å². The molecule has 0 spiro atoms. The van der Waals surface area contributed by atoms with Gasteiger partial charge in [0.1, 0.15) is 5.60 Å². The molecule has 0 aromatic carbocycles. The average molecular weight is 462 g/mol. The van der Waals surface area contributed by atoms with Gasteiger partial charge in [-0.15, -0.1) is 0 Å². The maximum absolute atomic E-state index is 13.1. The summed E-state index contributed by atoms with van der Waals surface area (Å²) in [5.41, 5.74) is -3.28. The number of fused-ring (bicyclic) bond motifs is 5. The van der Waals surface area contributed by atoms with E-state index in [1.165, 1.54) is 13.8 Å². The maximum atomic E-state index is 13.1. The summed E-state index contributed by atoms with van der Waals surface area (Å²) in [5, 5.41) is 26.6. The SMILES string of the molecule is CC(=O)N[C@]12[C@H](O)C[C@]3(C)[C@H](CC[C@]3(O)C(=O)COC(C)=O)[C@H]1CCC1=CC(=O)CC[C@@]12C. The van der Waals surface area contributed by atoms with Crippen molar-refractivity contribution in [3.05, 3.63) is 11.6 Å². The first-order valence-corrected chi connectivity index (χ1v) is 11.9. The van der Waals surface area contributed by atoms with Gasteiger partial charge in [0.2, 0.25) is 11.7 Å². The van der Waals surface area contributed by atoms with E-state index in [1.807, 2.05) is 13.8 Å². The molecule has 0 aromatic heterocycles. The van der Waals surface area contributed by atoms with E-state index in [1.54, 1.807) is 6.08 Å². The third-order valence-corrected chi connectivity index (χ3v) is 9.60. The number of carbonyl (C=O) groups is 4. The Hall–Kier alpha value is -2.06. The van der Waals surface area contributed by atoms with Crippen LogP contribution in [-0.4, -0.2) is 57.5 Å². The van der Waals surface area contributed by atoms with Crippen LogP contribution in [0, 0.1) is 22.7 Å². The maximum Gasteiger partial charge on any atom is 0.303 e. The summed E-state index contributed by atoms with van der Waals surface area (Å²) in [6.07, 6.45) is 3.76. The summed E-state index contributed by atoms with van der Waals surface area (Å²) < 4.78 is 4.90. The highest BCUT2D eigenvalue weighted by Crippen LogP contribution is 2.69. The lowest BCUT2D eigenvalue weighted by Gasteiger charge is -2.67. The molecular weight excluding hydrogens is 426 g/mol. The fourth-order valence-electron chi connectivity index (χ4n) is 8.01. The van der Waals surface area contributed by atoms with Gasteiger partial charge in [-0.05, 0) is 56.4 Å². The Labute approximate surface area is 194 Å². The first-order chi connectivity index (χ1) is 15.3. The predicted octanol–water partition coefficient (Wildman–Crippen LogP) is 1.61. The van der Waals surface area contributed by atoms with Gasteiger partial charge in [-0.1, -0.05) is 19.4 Å². The summed E-state index contributed by atoms with van der Waals surface area (Å²) in [5.74, 6) is -1.63. The van der Waals surface area contributed by atoms with Gasteiger partial charge in [-0.25, -0.2) is 0 Å². The first kappa shape index (κ1) is 24.1. The number of Topliss-reactive ketones (excluding diaryl/α,β-unsaturated/α-hetero) is 1. The molecule has 0 bridgehead atoms.